The molecule has 0 aliphatic carbocycles. The molecule has 0 saturated carbocycles. The number of nitrogens with zero attached hydrogens (tertiary/aromatic N) is 2. The molecule has 0 spiro atoms. The number of anilines is 2. The molecule has 0 aliphatic rings. The average molecular weight is 411 g/mol. The van der Waals surface area contributed by atoms with Gasteiger partial charge in [0.1, 0.15) is 5.69 Å². The van der Waals surface area contributed by atoms with Crippen LogP contribution in [0.3, 0.4) is 0 Å². The van der Waals surface area contributed by atoms with Crippen molar-refractivity contribution in [1.82, 2.24) is 9.78 Å². The summed E-state index contributed by atoms with van der Waals surface area (Å²) in [6.07, 6.45) is 0.0160. The summed E-state index contributed by atoms with van der Waals surface area (Å²) in [5.74, 6) is -0.735. The van der Waals surface area contributed by atoms with Crippen LogP contribution in [0.4, 0.5) is 11.4 Å². The van der Waals surface area contributed by atoms with Gasteiger partial charge < -0.3 is 10.6 Å². The predicted molar refractivity (Wildman–Crippen MR) is 112 cm³/mol. The number of aromatic nitrogens is 2. The molecule has 1 heterocycles. The summed E-state index contributed by atoms with van der Waals surface area (Å²) in [6.45, 7) is 1.91. The van der Waals surface area contributed by atoms with Crippen LogP contribution >= 0.6 is 11.6 Å². The van der Waals surface area contributed by atoms with E-state index in [2.05, 4.69) is 15.7 Å². The number of para-hydroxylation sites is 1. The van der Waals surface area contributed by atoms with E-state index in [9.17, 15) is 14.4 Å². The fourth-order valence-corrected chi connectivity index (χ4v) is 2.73. The van der Waals surface area contributed by atoms with E-state index in [1.165, 1.54) is 12.1 Å². The molecular formula is C21H19ClN4O3. The van der Waals surface area contributed by atoms with Crippen LogP contribution < -0.4 is 16.2 Å². The molecule has 1 aromatic heterocycles. The normalized spacial score (nSPS) is 10.4. The molecule has 7 nitrogen and oxygen atoms in total. The first-order chi connectivity index (χ1) is 13.9. The fourth-order valence-electron chi connectivity index (χ4n) is 2.55. The Bertz CT molecular complexity index is 1100. The monoisotopic (exact) mass is 410 g/mol. The molecule has 3 aromatic rings. The molecule has 2 N–H and O–H groups in total. The Morgan fingerprint density at radius 2 is 1.76 bits per heavy atom. The highest BCUT2D eigenvalue weighted by Crippen LogP contribution is 2.20. The van der Waals surface area contributed by atoms with E-state index < -0.39 is 11.5 Å². The molecule has 8 heteroatoms. The average Bonchev–Trinajstić information content (AvgIpc) is 2.71. The van der Waals surface area contributed by atoms with Crippen molar-refractivity contribution in [3.63, 3.8) is 0 Å². The summed E-state index contributed by atoms with van der Waals surface area (Å²) in [6, 6.07) is 16.7. The number of halogens is 1. The van der Waals surface area contributed by atoms with Gasteiger partial charge in [-0.05, 0) is 42.8 Å². The van der Waals surface area contributed by atoms with Gasteiger partial charge in [-0.3, -0.25) is 14.4 Å². The molecule has 0 aliphatic heterocycles. The second kappa shape index (κ2) is 9.16. The Labute approximate surface area is 172 Å². The van der Waals surface area contributed by atoms with Crippen LogP contribution in [0.1, 0.15) is 22.5 Å². The van der Waals surface area contributed by atoms with Crippen LogP contribution in [0.25, 0.3) is 0 Å². The number of nitrogens with one attached hydrogen (secondary N) is 2. The number of amides is 2. The van der Waals surface area contributed by atoms with Crippen molar-refractivity contribution in [2.24, 2.45) is 0 Å². The van der Waals surface area contributed by atoms with Gasteiger partial charge in [-0.25, -0.2) is 4.68 Å². The molecule has 148 valence electrons. The third-order valence-electron chi connectivity index (χ3n) is 4.14. The van der Waals surface area contributed by atoms with Gasteiger partial charge in [-0.15, -0.1) is 0 Å². The Balaban J connectivity index is 1.63. The smallest absolute Gasteiger partial charge is 0.276 e. The van der Waals surface area contributed by atoms with Crippen molar-refractivity contribution in [1.29, 1.82) is 0 Å². The van der Waals surface area contributed by atoms with Crippen molar-refractivity contribution in [2.75, 3.05) is 10.6 Å². The molecule has 0 unspecified atom stereocenters. The summed E-state index contributed by atoms with van der Waals surface area (Å²) in [7, 11) is 0. The largest absolute Gasteiger partial charge is 0.326 e. The molecule has 29 heavy (non-hydrogen) atoms. The number of rotatable bonds is 6. The maximum atomic E-state index is 12.3. The third-order valence-corrected chi connectivity index (χ3v) is 4.54. The zero-order valence-corrected chi connectivity index (χ0v) is 16.4. The minimum absolute atomic E-state index is 0.0160. The number of hydrogen-bond acceptors (Lipinski definition) is 4. The van der Waals surface area contributed by atoms with Gasteiger partial charge in [0, 0.05) is 28.9 Å². The first kappa shape index (κ1) is 20.3. The maximum Gasteiger partial charge on any atom is 0.276 e. The number of carbonyl (C=O) groups excluding carboxylic acids is 2. The lowest BCUT2D eigenvalue weighted by Gasteiger charge is -2.09. The first-order valence-electron chi connectivity index (χ1n) is 8.93. The van der Waals surface area contributed by atoms with Crippen molar-refractivity contribution < 1.29 is 9.59 Å². The van der Waals surface area contributed by atoms with E-state index >= 15 is 0 Å². The van der Waals surface area contributed by atoms with Gasteiger partial charge in [0.25, 0.3) is 11.5 Å². The van der Waals surface area contributed by atoms with E-state index in [1.807, 2.05) is 13.0 Å². The van der Waals surface area contributed by atoms with E-state index in [-0.39, 0.29) is 24.6 Å². The summed E-state index contributed by atoms with van der Waals surface area (Å²) >= 11 is 6.05. The van der Waals surface area contributed by atoms with Crippen LogP contribution in [0, 0.1) is 6.92 Å². The van der Waals surface area contributed by atoms with Gasteiger partial charge in [-0.1, -0.05) is 35.9 Å². The topological polar surface area (TPSA) is 93.1 Å². The highest BCUT2D eigenvalue weighted by molar-refractivity contribution is 6.31. The summed E-state index contributed by atoms with van der Waals surface area (Å²) in [5, 5.41) is 10.0. The number of hydrogen-bond donors (Lipinski definition) is 2. The SMILES string of the molecule is Cc1ccc(NC(=O)CCn2nc(C(=O)Nc3ccccc3)ccc2=O)cc1Cl. The van der Waals surface area contributed by atoms with Crippen LogP contribution in [0.2, 0.25) is 5.02 Å². The fraction of sp³-hybridized carbons (Fsp3) is 0.143. The van der Waals surface area contributed by atoms with Gasteiger partial charge in [0.2, 0.25) is 5.91 Å². The number of aryl methyl sites for hydroxylation is 2. The van der Waals surface area contributed by atoms with Crippen LogP contribution in [-0.2, 0) is 11.3 Å². The predicted octanol–water partition coefficient (Wildman–Crippen LogP) is 3.49. The molecule has 0 radical (unpaired) electrons. The molecule has 2 aromatic carbocycles. The van der Waals surface area contributed by atoms with E-state index in [1.54, 1.807) is 42.5 Å². The van der Waals surface area contributed by atoms with Crippen molar-refractivity contribution >= 4 is 34.8 Å². The Hall–Kier alpha value is -3.45. The highest BCUT2D eigenvalue weighted by Gasteiger charge is 2.11. The first-order valence-corrected chi connectivity index (χ1v) is 9.31. The third kappa shape index (κ3) is 5.52. The lowest BCUT2D eigenvalue weighted by atomic mass is 10.2. The Kier molecular flexibility index (Phi) is 6.41. The van der Waals surface area contributed by atoms with Gasteiger partial charge in [0.15, 0.2) is 0 Å². The molecule has 0 saturated heterocycles. The van der Waals surface area contributed by atoms with Gasteiger partial charge in [0.05, 0.1) is 6.54 Å². The molecule has 2 amide bonds. The quantitative estimate of drug-likeness (QED) is 0.650. The minimum atomic E-state index is -0.441. The lowest BCUT2D eigenvalue weighted by Crippen LogP contribution is -2.28. The van der Waals surface area contributed by atoms with Crippen LogP contribution in [0.5, 0.6) is 0 Å². The number of carbonyl (C=O) groups is 2. The maximum absolute atomic E-state index is 12.3. The molecular weight excluding hydrogens is 392 g/mol. The van der Waals surface area contributed by atoms with Crippen molar-refractivity contribution in [3.8, 4) is 0 Å². The van der Waals surface area contributed by atoms with Crippen LogP contribution in [-0.4, -0.2) is 21.6 Å². The minimum Gasteiger partial charge on any atom is -0.326 e. The van der Waals surface area contributed by atoms with E-state index in [4.69, 9.17) is 11.6 Å². The summed E-state index contributed by atoms with van der Waals surface area (Å²) < 4.78 is 1.10. The molecule has 0 atom stereocenters. The summed E-state index contributed by atoms with van der Waals surface area (Å²) in [4.78, 5) is 36.5. The molecule has 0 bridgehead atoms. The van der Waals surface area contributed by atoms with Gasteiger partial charge >= 0.3 is 0 Å². The summed E-state index contributed by atoms with van der Waals surface area (Å²) in [5.41, 5.74) is 1.78. The molecule has 3 rings (SSSR count). The zero-order valence-electron chi connectivity index (χ0n) is 15.7. The van der Waals surface area contributed by atoms with Crippen LogP contribution in [0.15, 0.2) is 65.5 Å². The van der Waals surface area contributed by atoms with Gasteiger partial charge in [-0.2, -0.15) is 5.10 Å². The van der Waals surface area contributed by atoms with Crippen molar-refractivity contribution in [3.05, 3.63) is 87.3 Å². The Morgan fingerprint density at radius 1 is 1.00 bits per heavy atom. The second-order valence-electron chi connectivity index (χ2n) is 6.36. The number of benzene rings is 2. The zero-order chi connectivity index (χ0) is 20.8. The van der Waals surface area contributed by atoms with Crippen molar-refractivity contribution in [2.45, 2.75) is 19.9 Å². The lowest BCUT2D eigenvalue weighted by molar-refractivity contribution is -0.116. The van der Waals surface area contributed by atoms with E-state index in [0.717, 1.165) is 10.2 Å². The van der Waals surface area contributed by atoms with E-state index in [0.29, 0.717) is 16.4 Å². The Morgan fingerprint density at radius 3 is 2.48 bits per heavy atom. The molecule has 0 fully saturated rings. The highest BCUT2D eigenvalue weighted by atomic mass is 35.5. The standard InChI is InChI=1S/C21H19ClN4O3/c1-14-7-8-16(13-17(14)22)23-19(27)11-12-26-20(28)10-9-18(25-26)21(29)24-15-5-3-2-4-6-15/h2-10,13H,11-12H2,1H3,(H,23,27)(H,24,29). The second-order valence-corrected chi connectivity index (χ2v) is 6.77.